The molecule has 1 aromatic carbocycles. The van der Waals surface area contributed by atoms with Gasteiger partial charge in [0.2, 0.25) is 0 Å². The Bertz CT molecular complexity index is 777. The number of ether oxygens (including phenoxy) is 1. The highest BCUT2D eigenvalue weighted by Crippen LogP contribution is 2.29. The van der Waals surface area contributed by atoms with Crippen LogP contribution in [0.4, 0.5) is 0 Å². The predicted molar refractivity (Wildman–Crippen MR) is 71.5 cm³/mol. The van der Waals surface area contributed by atoms with Crippen molar-refractivity contribution >= 4 is 22.4 Å². The molecule has 0 unspecified atom stereocenters. The minimum atomic E-state index is -0.939. The van der Waals surface area contributed by atoms with Crippen LogP contribution in [0.2, 0.25) is 0 Å². The van der Waals surface area contributed by atoms with Gasteiger partial charge in [0, 0.05) is 17.6 Å². The minimum Gasteiger partial charge on any atom is -0.479 e. The van der Waals surface area contributed by atoms with E-state index in [1.807, 2.05) is 22.7 Å². The molecule has 0 radical (unpaired) electrons. The second-order valence-corrected chi connectivity index (χ2v) is 4.13. The fraction of sp³-hybridized carbons (Fsp3) is 0.0714. The molecule has 3 rings (SSSR count). The number of nitrogens with two attached hydrogens (primary N) is 1. The summed E-state index contributed by atoms with van der Waals surface area (Å²) < 4.78 is 7.09. The Balaban J connectivity index is 2.42. The lowest BCUT2D eigenvalue weighted by molar-refractivity contribution is 0.0701. The normalized spacial score (nSPS) is 11.0. The summed E-state index contributed by atoms with van der Waals surface area (Å²) in [6.45, 7) is 0.0839. The highest BCUT2D eigenvalue weighted by atomic mass is 16.5. The zero-order valence-corrected chi connectivity index (χ0v) is 10.0. The Kier molecular flexibility index (Phi) is 2.61. The second-order valence-electron chi connectivity index (χ2n) is 4.13. The maximum absolute atomic E-state index is 11.4. The molecule has 0 spiro atoms. The molecule has 0 aliphatic rings. The monoisotopic (exact) mass is 256 g/mol. The van der Waals surface area contributed by atoms with E-state index in [4.69, 9.17) is 10.5 Å². The van der Waals surface area contributed by atoms with Crippen molar-refractivity contribution in [3.8, 4) is 5.75 Å². The highest BCUT2D eigenvalue weighted by Gasteiger charge is 2.17. The van der Waals surface area contributed by atoms with Gasteiger partial charge in [0.1, 0.15) is 12.5 Å². The summed E-state index contributed by atoms with van der Waals surface area (Å²) in [7, 11) is 0. The average Bonchev–Trinajstić information content (AvgIpc) is 2.73. The van der Waals surface area contributed by atoms with Gasteiger partial charge in [-0.1, -0.05) is 6.07 Å². The van der Waals surface area contributed by atoms with Crippen LogP contribution in [0.1, 0.15) is 10.4 Å². The molecule has 3 N–H and O–H groups in total. The topological polar surface area (TPSA) is 77.0 Å². The fourth-order valence-corrected chi connectivity index (χ4v) is 2.33. The molecule has 2 heterocycles. The van der Waals surface area contributed by atoms with E-state index in [0.29, 0.717) is 22.2 Å². The van der Waals surface area contributed by atoms with E-state index in [-0.39, 0.29) is 6.73 Å². The number of carbonyl (C=O) groups is 1. The van der Waals surface area contributed by atoms with Crippen LogP contribution in [-0.2, 0) is 0 Å². The van der Waals surface area contributed by atoms with Gasteiger partial charge in [0.15, 0.2) is 0 Å². The maximum atomic E-state index is 11.4. The quantitative estimate of drug-likeness (QED) is 0.703. The molecule has 0 bridgehead atoms. The highest BCUT2D eigenvalue weighted by molar-refractivity contribution is 6.11. The van der Waals surface area contributed by atoms with E-state index < -0.39 is 5.97 Å². The van der Waals surface area contributed by atoms with Crippen LogP contribution in [0.5, 0.6) is 5.75 Å². The first-order chi connectivity index (χ1) is 9.22. The van der Waals surface area contributed by atoms with Crippen molar-refractivity contribution in [3.63, 3.8) is 0 Å². The first kappa shape index (κ1) is 11.6. The molecule has 0 amide bonds. The van der Waals surface area contributed by atoms with Gasteiger partial charge in [0.25, 0.3) is 0 Å². The molecule has 2 aromatic heterocycles. The zero-order valence-electron chi connectivity index (χ0n) is 10.0. The fourth-order valence-electron chi connectivity index (χ4n) is 2.33. The largest absolute Gasteiger partial charge is 0.479 e. The van der Waals surface area contributed by atoms with Crippen LogP contribution in [0.3, 0.4) is 0 Å². The van der Waals surface area contributed by atoms with Gasteiger partial charge in [-0.15, -0.1) is 0 Å². The third-order valence-corrected chi connectivity index (χ3v) is 3.08. The Morgan fingerprint density at radius 1 is 1.26 bits per heavy atom. The number of fused-ring (bicyclic) bond motifs is 3. The number of hydrogen-bond acceptors (Lipinski definition) is 3. The van der Waals surface area contributed by atoms with E-state index in [0.717, 1.165) is 5.52 Å². The van der Waals surface area contributed by atoms with E-state index in [2.05, 4.69) is 0 Å². The molecule has 96 valence electrons. The summed E-state index contributed by atoms with van der Waals surface area (Å²) in [6.07, 6.45) is 1.83. The van der Waals surface area contributed by atoms with Crippen LogP contribution < -0.4 is 10.5 Å². The molecule has 0 aliphatic carbocycles. The molecule has 0 aliphatic heterocycles. The SMILES string of the molecule is NCOc1ccc2c(C(=O)O)c3ccccn3c2c1. The van der Waals surface area contributed by atoms with Gasteiger partial charge < -0.3 is 14.2 Å². The number of rotatable bonds is 3. The standard InChI is InChI=1S/C14H12N2O3/c15-8-19-9-4-5-10-12(7-9)16-6-2-1-3-11(16)13(10)14(17)18/h1-7H,8,15H2,(H,17,18). The van der Waals surface area contributed by atoms with Crippen molar-refractivity contribution in [1.29, 1.82) is 0 Å². The van der Waals surface area contributed by atoms with Gasteiger partial charge in [0.05, 0.1) is 16.6 Å². The molecule has 3 aromatic rings. The van der Waals surface area contributed by atoms with Gasteiger partial charge in [-0.25, -0.2) is 4.79 Å². The number of hydrogen-bond donors (Lipinski definition) is 2. The van der Waals surface area contributed by atoms with Crippen LogP contribution >= 0.6 is 0 Å². The molecule has 5 nitrogen and oxygen atoms in total. The third-order valence-electron chi connectivity index (χ3n) is 3.08. The number of aromatic carboxylic acids is 1. The molecular weight excluding hydrogens is 244 g/mol. The number of benzene rings is 1. The van der Waals surface area contributed by atoms with Crippen molar-refractivity contribution < 1.29 is 14.6 Å². The lowest BCUT2D eigenvalue weighted by Crippen LogP contribution is -2.07. The second kappa shape index (κ2) is 4.29. The summed E-state index contributed by atoms with van der Waals surface area (Å²) in [6, 6.07) is 10.7. The Morgan fingerprint density at radius 3 is 2.84 bits per heavy atom. The molecule has 5 heteroatoms. The summed E-state index contributed by atoms with van der Waals surface area (Å²) >= 11 is 0. The van der Waals surface area contributed by atoms with Crippen molar-refractivity contribution in [2.24, 2.45) is 5.73 Å². The predicted octanol–water partition coefficient (Wildman–Crippen LogP) is 2.09. The van der Waals surface area contributed by atoms with Crippen LogP contribution in [0.15, 0.2) is 42.6 Å². The van der Waals surface area contributed by atoms with Crippen LogP contribution in [0.25, 0.3) is 16.4 Å². The smallest absolute Gasteiger partial charge is 0.338 e. The molecule has 0 atom stereocenters. The van der Waals surface area contributed by atoms with Crippen molar-refractivity contribution in [2.45, 2.75) is 0 Å². The maximum Gasteiger partial charge on any atom is 0.338 e. The van der Waals surface area contributed by atoms with Crippen molar-refractivity contribution in [2.75, 3.05) is 6.73 Å². The van der Waals surface area contributed by atoms with Crippen molar-refractivity contribution in [1.82, 2.24) is 4.40 Å². The summed E-state index contributed by atoms with van der Waals surface area (Å²) in [5.41, 5.74) is 7.10. The average molecular weight is 256 g/mol. The first-order valence-corrected chi connectivity index (χ1v) is 5.81. The molecule has 0 saturated heterocycles. The summed E-state index contributed by atoms with van der Waals surface area (Å²) in [4.78, 5) is 11.4. The van der Waals surface area contributed by atoms with E-state index in [1.54, 1.807) is 24.3 Å². The number of pyridine rings is 1. The first-order valence-electron chi connectivity index (χ1n) is 5.81. The lowest BCUT2D eigenvalue weighted by atomic mass is 10.1. The number of nitrogens with zero attached hydrogens (tertiary/aromatic N) is 1. The molecule has 0 saturated carbocycles. The molecular formula is C14H12N2O3. The third kappa shape index (κ3) is 1.71. The number of carboxylic acids is 1. The molecule has 19 heavy (non-hydrogen) atoms. The van der Waals surface area contributed by atoms with E-state index in [9.17, 15) is 9.90 Å². The Morgan fingerprint density at radius 2 is 2.11 bits per heavy atom. The summed E-state index contributed by atoms with van der Waals surface area (Å²) in [5, 5.41) is 10.1. The number of carboxylic acid groups (broad SMARTS) is 1. The van der Waals surface area contributed by atoms with Gasteiger partial charge in [-0.05, 0) is 24.3 Å². The zero-order chi connectivity index (χ0) is 13.4. The minimum absolute atomic E-state index is 0.0839. The van der Waals surface area contributed by atoms with E-state index in [1.165, 1.54) is 0 Å². The Labute approximate surface area is 108 Å². The lowest BCUT2D eigenvalue weighted by Gasteiger charge is -2.03. The van der Waals surface area contributed by atoms with Gasteiger partial charge in [-0.3, -0.25) is 5.73 Å². The molecule has 0 fully saturated rings. The Hall–Kier alpha value is -2.53. The summed E-state index contributed by atoms with van der Waals surface area (Å²) in [5.74, 6) is -0.318. The van der Waals surface area contributed by atoms with E-state index >= 15 is 0 Å². The van der Waals surface area contributed by atoms with Crippen LogP contribution in [-0.4, -0.2) is 22.2 Å². The number of aromatic nitrogens is 1. The van der Waals surface area contributed by atoms with Gasteiger partial charge in [-0.2, -0.15) is 0 Å². The van der Waals surface area contributed by atoms with Gasteiger partial charge >= 0.3 is 5.97 Å². The van der Waals surface area contributed by atoms with Crippen molar-refractivity contribution in [3.05, 3.63) is 48.2 Å². The van der Waals surface area contributed by atoms with Crippen LogP contribution in [0, 0.1) is 0 Å².